The van der Waals surface area contributed by atoms with Crippen LogP contribution >= 0.6 is 11.3 Å². The van der Waals surface area contributed by atoms with E-state index in [1.54, 1.807) is 67.6 Å². The predicted octanol–water partition coefficient (Wildman–Crippen LogP) is 5.54. The molecule has 1 fully saturated rings. The zero-order chi connectivity index (χ0) is 35.4. The molecule has 0 spiro atoms. The smallest absolute Gasteiger partial charge is 0.410 e. The lowest BCUT2D eigenvalue weighted by atomic mass is 10.0. The van der Waals surface area contributed by atoms with Gasteiger partial charge in [0.2, 0.25) is 0 Å². The number of rotatable bonds is 6. The van der Waals surface area contributed by atoms with Gasteiger partial charge in [-0.05, 0) is 62.9 Å². The van der Waals surface area contributed by atoms with Gasteiger partial charge in [0, 0.05) is 60.1 Å². The van der Waals surface area contributed by atoms with Crippen molar-refractivity contribution >= 4 is 40.3 Å². The van der Waals surface area contributed by atoms with Crippen molar-refractivity contribution in [3.8, 4) is 11.8 Å². The summed E-state index contributed by atoms with van der Waals surface area (Å²) in [5, 5.41) is 7.82. The summed E-state index contributed by atoms with van der Waals surface area (Å²) >= 11 is 1.29. The summed E-state index contributed by atoms with van der Waals surface area (Å²) in [6, 6.07) is 14.3. The van der Waals surface area contributed by atoms with E-state index < -0.39 is 29.5 Å². The number of halogens is 1. The summed E-state index contributed by atoms with van der Waals surface area (Å²) in [5.41, 5.74) is 1.66. The van der Waals surface area contributed by atoms with Crippen molar-refractivity contribution in [3.63, 3.8) is 0 Å². The number of hydrogen-bond acceptors (Lipinski definition) is 8. The summed E-state index contributed by atoms with van der Waals surface area (Å²) in [6.07, 6.45) is 3.52. The Morgan fingerprint density at radius 2 is 1.76 bits per heavy atom. The number of amides is 4. The van der Waals surface area contributed by atoms with E-state index in [-0.39, 0.29) is 35.7 Å². The molecule has 50 heavy (non-hydrogen) atoms. The Morgan fingerprint density at radius 3 is 2.44 bits per heavy atom. The number of thiazole rings is 1. The first kappa shape index (κ1) is 34.3. The number of hydrogen-bond donors (Lipinski definition) is 2. The number of pyridine rings is 1. The molecule has 4 aromatic rings. The van der Waals surface area contributed by atoms with E-state index in [1.807, 2.05) is 18.2 Å². The molecule has 0 aliphatic carbocycles. The molecule has 1 unspecified atom stereocenters. The molecule has 11 nitrogen and oxygen atoms in total. The molecular formula is C37H35FN6O5S. The fourth-order valence-corrected chi connectivity index (χ4v) is 6.31. The van der Waals surface area contributed by atoms with Gasteiger partial charge in [-0.3, -0.25) is 19.7 Å². The van der Waals surface area contributed by atoms with Crippen LogP contribution in [0.5, 0.6) is 0 Å². The number of benzene rings is 2. The molecule has 0 saturated carbocycles. The van der Waals surface area contributed by atoms with Crippen molar-refractivity contribution in [3.05, 3.63) is 112 Å². The molecule has 0 bridgehead atoms. The van der Waals surface area contributed by atoms with Crippen LogP contribution in [0.3, 0.4) is 0 Å². The van der Waals surface area contributed by atoms with Crippen molar-refractivity contribution in [2.24, 2.45) is 0 Å². The molecule has 6 rings (SSSR count). The van der Waals surface area contributed by atoms with Gasteiger partial charge in [-0.25, -0.2) is 19.2 Å². The minimum atomic E-state index is -0.885. The van der Waals surface area contributed by atoms with Gasteiger partial charge in [-0.2, -0.15) is 0 Å². The van der Waals surface area contributed by atoms with Gasteiger partial charge < -0.3 is 19.9 Å². The third kappa shape index (κ3) is 7.98. The van der Waals surface area contributed by atoms with Gasteiger partial charge in [0.05, 0.1) is 0 Å². The standard InChI is InChI=1S/C37H35FN6O5S/c1-37(2,3)49-36(48)43-16-13-27(14-17-43)41-32(45)30-29(38)20-24(21-40-30)10-9-23-11-12-26-22-44(34(47)28(26)19-23)31(25-7-5-4-6-8-25)33(46)42-35-39-15-18-50-35/h4-8,11-12,15,18-21,27,31H,13-14,16-17,22H2,1-3H3,(H,41,45)(H,39,42,46). The zero-order valence-corrected chi connectivity index (χ0v) is 28.6. The predicted molar refractivity (Wildman–Crippen MR) is 185 cm³/mol. The minimum absolute atomic E-state index is 0.230. The Bertz CT molecular complexity index is 1980. The number of ether oxygens (including phenoxy) is 1. The van der Waals surface area contributed by atoms with E-state index in [2.05, 4.69) is 32.4 Å². The molecule has 2 aliphatic rings. The molecule has 256 valence electrons. The van der Waals surface area contributed by atoms with Gasteiger partial charge in [-0.15, -0.1) is 11.3 Å². The number of nitrogens with one attached hydrogen (secondary N) is 2. The Kier molecular flexibility index (Phi) is 9.92. The van der Waals surface area contributed by atoms with Gasteiger partial charge in [0.15, 0.2) is 16.6 Å². The molecule has 2 aromatic heterocycles. The summed E-state index contributed by atoms with van der Waals surface area (Å²) in [6.45, 7) is 6.46. The first-order chi connectivity index (χ1) is 23.9. The second kappa shape index (κ2) is 14.5. The number of nitrogens with zero attached hydrogens (tertiary/aromatic N) is 4. The maximum atomic E-state index is 15.0. The number of fused-ring (bicyclic) bond motifs is 1. The van der Waals surface area contributed by atoms with Gasteiger partial charge in [0.1, 0.15) is 11.6 Å². The summed E-state index contributed by atoms with van der Waals surface area (Å²) < 4.78 is 20.4. The number of piperidine rings is 1. The van der Waals surface area contributed by atoms with E-state index >= 15 is 4.39 Å². The molecule has 2 N–H and O–H groups in total. The molecule has 13 heteroatoms. The highest BCUT2D eigenvalue weighted by Crippen LogP contribution is 2.33. The van der Waals surface area contributed by atoms with E-state index in [4.69, 9.17) is 4.74 Å². The minimum Gasteiger partial charge on any atom is -0.444 e. The lowest BCUT2D eigenvalue weighted by molar-refractivity contribution is -0.120. The fraction of sp³-hybridized carbons (Fsp3) is 0.297. The maximum Gasteiger partial charge on any atom is 0.410 e. The Hall–Kier alpha value is -5.61. The van der Waals surface area contributed by atoms with Gasteiger partial charge in [-0.1, -0.05) is 48.2 Å². The van der Waals surface area contributed by atoms with Crippen molar-refractivity contribution in [2.45, 2.75) is 57.8 Å². The van der Waals surface area contributed by atoms with E-state index in [0.717, 1.165) is 11.6 Å². The molecule has 1 saturated heterocycles. The van der Waals surface area contributed by atoms with E-state index in [1.165, 1.54) is 22.4 Å². The maximum absolute atomic E-state index is 15.0. The van der Waals surface area contributed by atoms with Gasteiger partial charge >= 0.3 is 6.09 Å². The van der Waals surface area contributed by atoms with Crippen LogP contribution in [0.25, 0.3) is 0 Å². The third-order valence-corrected chi connectivity index (χ3v) is 8.86. The number of anilines is 1. The van der Waals surface area contributed by atoms with Crippen LogP contribution < -0.4 is 10.6 Å². The molecule has 4 heterocycles. The molecule has 4 amide bonds. The van der Waals surface area contributed by atoms with E-state index in [9.17, 15) is 19.2 Å². The van der Waals surface area contributed by atoms with E-state index in [0.29, 0.717) is 47.8 Å². The Labute approximate surface area is 292 Å². The Balaban J connectivity index is 1.10. The SMILES string of the molecule is CC(C)(C)OC(=O)N1CCC(NC(=O)c2ncc(C#Cc3ccc4c(c3)C(=O)N(C(C(=O)Nc3nccs3)c3ccccc3)C4)cc2F)CC1. The second-order valence-electron chi connectivity index (χ2n) is 13.0. The highest BCUT2D eigenvalue weighted by molar-refractivity contribution is 7.13. The first-order valence-corrected chi connectivity index (χ1v) is 17.0. The van der Waals surface area contributed by atoms with Crippen molar-refractivity contribution < 1.29 is 28.3 Å². The first-order valence-electron chi connectivity index (χ1n) is 16.1. The van der Waals surface area contributed by atoms with Crippen LogP contribution in [-0.2, 0) is 16.1 Å². The summed E-state index contributed by atoms with van der Waals surface area (Å²) in [4.78, 5) is 63.6. The normalized spacial score (nSPS) is 15.1. The summed E-state index contributed by atoms with van der Waals surface area (Å²) in [7, 11) is 0. The summed E-state index contributed by atoms with van der Waals surface area (Å²) in [5.74, 6) is 3.66. The number of carbonyl (C=O) groups is 4. The molecule has 1 atom stereocenters. The van der Waals surface area contributed by atoms with Crippen molar-refractivity contribution in [1.82, 2.24) is 25.1 Å². The van der Waals surface area contributed by atoms with Crippen LogP contribution in [0.15, 0.2) is 72.4 Å². The number of likely N-dealkylation sites (tertiary alicyclic amines) is 1. The average Bonchev–Trinajstić information content (AvgIpc) is 3.71. The van der Waals surface area contributed by atoms with Crippen LogP contribution in [-0.4, -0.2) is 68.3 Å². The highest BCUT2D eigenvalue weighted by Gasteiger charge is 2.38. The molecule has 0 radical (unpaired) electrons. The molecule has 2 aromatic carbocycles. The number of carbonyl (C=O) groups excluding carboxylic acids is 4. The van der Waals surface area contributed by atoms with Crippen LogP contribution in [0, 0.1) is 17.7 Å². The van der Waals surface area contributed by atoms with Crippen LogP contribution in [0.4, 0.5) is 14.3 Å². The molecular weight excluding hydrogens is 660 g/mol. The largest absolute Gasteiger partial charge is 0.444 e. The quantitative estimate of drug-likeness (QED) is 0.253. The lowest BCUT2D eigenvalue weighted by Crippen LogP contribution is -2.48. The van der Waals surface area contributed by atoms with Gasteiger partial charge in [0.25, 0.3) is 17.7 Å². The third-order valence-electron chi connectivity index (χ3n) is 8.17. The Morgan fingerprint density at radius 1 is 1.02 bits per heavy atom. The average molecular weight is 695 g/mol. The monoisotopic (exact) mass is 694 g/mol. The van der Waals surface area contributed by atoms with Crippen LogP contribution in [0.2, 0.25) is 0 Å². The zero-order valence-electron chi connectivity index (χ0n) is 27.7. The number of aromatic nitrogens is 2. The second-order valence-corrected chi connectivity index (χ2v) is 13.9. The van der Waals surface area contributed by atoms with Crippen molar-refractivity contribution in [1.29, 1.82) is 0 Å². The fourth-order valence-electron chi connectivity index (χ4n) is 5.78. The molecule has 2 aliphatic heterocycles. The highest BCUT2D eigenvalue weighted by atomic mass is 32.1. The lowest BCUT2D eigenvalue weighted by Gasteiger charge is -2.33. The van der Waals surface area contributed by atoms with Crippen molar-refractivity contribution in [2.75, 3.05) is 18.4 Å². The topological polar surface area (TPSA) is 134 Å². The van der Waals surface area contributed by atoms with Crippen LogP contribution in [0.1, 0.15) is 82.8 Å².